The molecule has 2 atom stereocenters. The first-order valence-electron chi connectivity index (χ1n) is 6.64. The predicted octanol–water partition coefficient (Wildman–Crippen LogP) is 2.02. The Morgan fingerprint density at radius 1 is 1.44 bits per heavy atom. The van der Waals surface area contributed by atoms with Crippen molar-refractivity contribution in [3.63, 3.8) is 0 Å². The van der Waals surface area contributed by atoms with Gasteiger partial charge in [0, 0.05) is 19.1 Å². The van der Waals surface area contributed by atoms with E-state index in [2.05, 4.69) is 26.1 Å². The van der Waals surface area contributed by atoms with Crippen LogP contribution < -0.4 is 5.32 Å². The van der Waals surface area contributed by atoms with E-state index in [1.807, 2.05) is 4.90 Å². The average molecular weight is 226 g/mol. The first-order chi connectivity index (χ1) is 7.63. The lowest BCUT2D eigenvalue weighted by Crippen LogP contribution is -2.41. The van der Waals surface area contributed by atoms with Crippen molar-refractivity contribution in [2.24, 2.45) is 5.92 Å². The number of carbonyl (C=O) groups excluding carboxylic acids is 1. The molecule has 16 heavy (non-hydrogen) atoms. The molecular formula is C13H26N2O. The molecule has 2 unspecified atom stereocenters. The maximum absolute atomic E-state index is 11.9. The summed E-state index contributed by atoms with van der Waals surface area (Å²) in [5, 5.41) is 3.27. The van der Waals surface area contributed by atoms with Crippen LogP contribution in [0.25, 0.3) is 0 Å². The highest BCUT2D eigenvalue weighted by Gasteiger charge is 2.18. The van der Waals surface area contributed by atoms with E-state index in [1.165, 1.54) is 6.42 Å². The van der Waals surface area contributed by atoms with E-state index >= 15 is 0 Å². The number of rotatable bonds is 4. The van der Waals surface area contributed by atoms with E-state index in [0.717, 1.165) is 38.3 Å². The Morgan fingerprint density at radius 3 is 2.88 bits per heavy atom. The molecule has 1 amide bonds. The van der Waals surface area contributed by atoms with E-state index in [1.54, 1.807) is 0 Å². The standard InChI is InChI=1S/C13H26N2O/c1-4-12(3)14-10-13(16)15-8-5-6-11(2)7-9-15/h11-12,14H,4-10H2,1-3H3. The molecule has 0 aliphatic carbocycles. The van der Waals surface area contributed by atoms with Crippen LogP contribution in [0.4, 0.5) is 0 Å². The van der Waals surface area contributed by atoms with Crippen LogP contribution in [-0.2, 0) is 4.79 Å². The van der Waals surface area contributed by atoms with Gasteiger partial charge in [0.2, 0.25) is 5.91 Å². The molecule has 1 aliphatic heterocycles. The quantitative estimate of drug-likeness (QED) is 0.795. The summed E-state index contributed by atoms with van der Waals surface area (Å²) in [5.41, 5.74) is 0. The monoisotopic (exact) mass is 226 g/mol. The van der Waals surface area contributed by atoms with Gasteiger partial charge in [-0.2, -0.15) is 0 Å². The van der Waals surface area contributed by atoms with Gasteiger partial charge >= 0.3 is 0 Å². The Bertz CT molecular complexity index is 218. The molecule has 0 spiro atoms. The molecule has 0 saturated carbocycles. The molecule has 1 heterocycles. The Kier molecular flexibility index (Phi) is 5.81. The van der Waals surface area contributed by atoms with Gasteiger partial charge in [0.15, 0.2) is 0 Å². The second kappa shape index (κ2) is 6.89. The topological polar surface area (TPSA) is 32.3 Å². The summed E-state index contributed by atoms with van der Waals surface area (Å²) < 4.78 is 0. The van der Waals surface area contributed by atoms with E-state index in [9.17, 15) is 4.79 Å². The fourth-order valence-corrected chi connectivity index (χ4v) is 2.03. The van der Waals surface area contributed by atoms with Gasteiger partial charge in [-0.3, -0.25) is 4.79 Å². The minimum Gasteiger partial charge on any atom is -0.342 e. The lowest BCUT2D eigenvalue weighted by Gasteiger charge is -2.21. The van der Waals surface area contributed by atoms with Crippen LogP contribution in [0.5, 0.6) is 0 Å². The lowest BCUT2D eigenvalue weighted by atomic mass is 10.0. The first kappa shape index (κ1) is 13.5. The summed E-state index contributed by atoms with van der Waals surface area (Å²) in [4.78, 5) is 14.0. The number of carbonyl (C=O) groups is 1. The molecule has 0 bridgehead atoms. The van der Waals surface area contributed by atoms with Crippen LogP contribution in [0.15, 0.2) is 0 Å². The van der Waals surface area contributed by atoms with Crippen molar-refractivity contribution < 1.29 is 4.79 Å². The van der Waals surface area contributed by atoms with Crippen LogP contribution in [0, 0.1) is 5.92 Å². The highest BCUT2D eigenvalue weighted by Crippen LogP contribution is 2.16. The maximum Gasteiger partial charge on any atom is 0.236 e. The molecule has 94 valence electrons. The summed E-state index contributed by atoms with van der Waals surface area (Å²) >= 11 is 0. The van der Waals surface area contributed by atoms with Gasteiger partial charge < -0.3 is 10.2 Å². The molecular weight excluding hydrogens is 200 g/mol. The summed E-state index contributed by atoms with van der Waals surface area (Å²) in [5.74, 6) is 1.05. The zero-order valence-corrected chi connectivity index (χ0v) is 11.0. The first-order valence-corrected chi connectivity index (χ1v) is 6.64. The van der Waals surface area contributed by atoms with Crippen molar-refractivity contribution in [3.8, 4) is 0 Å². The average Bonchev–Trinajstić information content (AvgIpc) is 2.50. The molecule has 3 heteroatoms. The predicted molar refractivity (Wildman–Crippen MR) is 67.4 cm³/mol. The third kappa shape index (κ3) is 4.52. The Hall–Kier alpha value is -0.570. The van der Waals surface area contributed by atoms with Gasteiger partial charge in [-0.15, -0.1) is 0 Å². The van der Waals surface area contributed by atoms with E-state index in [-0.39, 0.29) is 5.91 Å². The Balaban J connectivity index is 2.29. The second-order valence-corrected chi connectivity index (χ2v) is 5.11. The minimum atomic E-state index is 0.273. The molecule has 0 aromatic carbocycles. The van der Waals surface area contributed by atoms with Crippen LogP contribution in [0.1, 0.15) is 46.5 Å². The minimum absolute atomic E-state index is 0.273. The van der Waals surface area contributed by atoms with E-state index in [0.29, 0.717) is 12.6 Å². The van der Waals surface area contributed by atoms with Crippen molar-refractivity contribution in [3.05, 3.63) is 0 Å². The fraction of sp³-hybridized carbons (Fsp3) is 0.923. The van der Waals surface area contributed by atoms with Crippen molar-refractivity contribution in [2.45, 2.75) is 52.5 Å². The fourth-order valence-electron chi connectivity index (χ4n) is 2.03. The zero-order chi connectivity index (χ0) is 12.0. The van der Waals surface area contributed by atoms with Gasteiger partial charge in [-0.1, -0.05) is 13.8 Å². The van der Waals surface area contributed by atoms with Crippen LogP contribution in [0.3, 0.4) is 0 Å². The number of hydrogen-bond acceptors (Lipinski definition) is 2. The SMILES string of the molecule is CCC(C)NCC(=O)N1CCCC(C)CC1. The van der Waals surface area contributed by atoms with Crippen molar-refractivity contribution >= 4 is 5.91 Å². The lowest BCUT2D eigenvalue weighted by molar-refractivity contribution is -0.130. The van der Waals surface area contributed by atoms with Gasteiger partial charge in [-0.05, 0) is 38.5 Å². The van der Waals surface area contributed by atoms with Gasteiger partial charge in [0.1, 0.15) is 0 Å². The molecule has 0 radical (unpaired) electrons. The molecule has 1 aliphatic rings. The summed E-state index contributed by atoms with van der Waals surface area (Å²) in [6.07, 6.45) is 4.66. The normalized spacial score (nSPS) is 23.9. The summed E-state index contributed by atoms with van der Waals surface area (Å²) in [7, 11) is 0. The van der Waals surface area contributed by atoms with Crippen molar-refractivity contribution in [1.82, 2.24) is 10.2 Å². The zero-order valence-electron chi connectivity index (χ0n) is 11.0. The number of nitrogens with one attached hydrogen (secondary N) is 1. The number of amides is 1. The van der Waals surface area contributed by atoms with Crippen LogP contribution in [0.2, 0.25) is 0 Å². The molecule has 1 saturated heterocycles. The highest BCUT2D eigenvalue weighted by molar-refractivity contribution is 5.78. The Morgan fingerprint density at radius 2 is 2.19 bits per heavy atom. The Labute approximate surface area is 99.6 Å². The molecule has 0 aromatic rings. The van der Waals surface area contributed by atoms with Gasteiger partial charge in [0.25, 0.3) is 0 Å². The summed E-state index contributed by atoms with van der Waals surface area (Å²) in [6, 6.07) is 0.440. The smallest absolute Gasteiger partial charge is 0.236 e. The summed E-state index contributed by atoms with van der Waals surface area (Å²) in [6.45, 7) is 8.94. The third-order valence-electron chi connectivity index (χ3n) is 3.58. The van der Waals surface area contributed by atoms with E-state index < -0.39 is 0 Å². The number of nitrogens with zero attached hydrogens (tertiary/aromatic N) is 1. The van der Waals surface area contributed by atoms with Crippen molar-refractivity contribution in [2.75, 3.05) is 19.6 Å². The molecule has 3 nitrogen and oxygen atoms in total. The molecule has 1 N–H and O–H groups in total. The molecule has 0 aromatic heterocycles. The number of hydrogen-bond donors (Lipinski definition) is 1. The second-order valence-electron chi connectivity index (χ2n) is 5.11. The van der Waals surface area contributed by atoms with Crippen LogP contribution >= 0.6 is 0 Å². The number of likely N-dealkylation sites (tertiary alicyclic amines) is 1. The maximum atomic E-state index is 11.9. The van der Waals surface area contributed by atoms with Gasteiger partial charge in [-0.25, -0.2) is 0 Å². The molecule has 1 rings (SSSR count). The van der Waals surface area contributed by atoms with Crippen molar-refractivity contribution in [1.29, 1.82) is 0 Å². The third-order valence-corrected chi connectivity index (χ3v) is 3.58. The van der Waals surface area contributed by atoms with E-state index in [4.69, 9.17) is 0 Å². The van der Waals surface area contributed by atoms with Crippen LogP contribution in [-0.4, -0.2) is 36.5 Å². The highest BCUT2D eigenvalue weighted by atomic mass is 16.2. The largest absolute Gasteiger partial charge is 0.342 e. The molecule has 1 fully saturated rings. The van der Waals surface area contributed by atoms with Gasteiger partial charge in [0.05, 0.1) is 6.54 Å².